The van der Waals surface area contributed by atoms with Gasteiger partial charge in [0.1, 0.15) is 0 Å². The van der Waals surface area contributed by atoms with Crippen LogP contribution >= 0.6 is 11.8 Å². The van der Waals surface area contributed by atoms with Crippen LogP contribution in [-0.2, 0) is 5.75 Å². The molecule has 126 valence electrons. The number of thioether (sulfide) groups is 1. The number of hydrogen-bond donors (Lipinski definition) is 0. The molecule has 1 unspecified atom stereocenters. The Bertz CT molecular complexity index is 986. The van der Waals surface area contributed by atoms with Crippen LogP contribution in [0.5, 0.6) is 0 Å². The van der Waals surface area contributed by atoms with Gasteiger partial charge in [0.25, 0.3) is 5.56 Å². The van der Waals surface area contributed by atoms with Gasteiger partial charge in [0.15, 0.2) is 5.16 Å². The minimum atomic E-state index is 0.0160. The first-order valence-corrected chi connectivity index (χ1v) is 9.25. The van der Waals surface area contributed by atoms with Crippen molar-refractivity contribution in [2.45, 2.75) is 37.2 Å². The molecule has 0 saturated carbocycles. The Kier molecular flexibility index (Phi) is 5.20. The first-order valence-electron chi connectivity index (χ1n) is 8.27. The van der Waals surface area contributed by atoms with Gasteiger partial charge >= 0.3 is 0 Å². The summed E-state index contributed by atoms with van der Waals surface area (Å²) in [6.07, 6.45) is 0.865. The normalized spacial score (nSPS) is 12.0. The Labute approximate surface area is 151 Å². The second-order valence-corrected chi connectivity index (χ2v) is 6.88. The Morgan fingerprint density at radius 2 is 1.92 bits per heavy atom. The predicted molar refractivity (Wildman–Crippen MR) is 102 cm³/mol. The summed E-state index contributed by atoms with van der Waals surface area (Å²) in [6, 6.07) is 17.2. The third-order valence-electron chi connectivity index (χ3n) is 4.26. The SMILES string of the molecule is CCC(C)n1c(SCc2ccc(C#N)cc2)nc2ccccc2c1=O. The second-order valence-electron chi connectivity index (χ2n) is 5.94. The van der Waals surface area contributed by atoms with E-state index in [-0.39, 0.29) is 11.6 Å². The first kappa shape index (κ1) is 17.2. The summed E-state index contributed by atoms with van der Waals surface area (Å²) < 4.78 is 1.80. The molecule has 0 bridgehead atoms. The zero-order valence-electron chi connectivity index (χ0n) is 14.3. The molecule has 0 spiro atoms. The van der Waals surface area contributed by atoms with Crippen molar-refractivity contribution in [1.29, 1.82) is 5.26 Å². The fourth-order valence-corrected chi connectivity index (χ4v) is 3.68. The smallest absolute Gasteiger partial charge is 0.262 e. The Morgan fingerprint density at radius 1 is 1.20 bits per heavy atom. The van der Waals surface area contributed by atoms with Crippen molar-refractivity contribution in [2.75, 3.05) is 0 Å². The molecule has 5 heteroatoms. The molecule has 0 aliphatic heterocycles. The third kappa shape index (κ3) is 3.59. The molecule has 3 rings (SSSR count). The summed E-state index contributed by atoms with van der Waals surface area (Å²) in [7, 11) is 0. The molecule has 1 atom stereocenters. The largest absolute Gasteiger partial charge is 0.284 e. The predicted octanol–water partition coefficient (Wildman–Crippen LogP) is 4.53. The summed E-state index contributed by atoms with van der Waals surface area (Å²) in [5.41, 5.74) is 2.49. The van der Waals surface area contributed by atoms with Crippen molar-refractivity contribution in [3.05, 3.63) is 70.0 Å². The molecular weight excluding hydrogens is 330 g/mol. The molecule has 0 fully saturated rings. The molecule has 4 nitrogen and oxygen atoms in total. The topological polar surface area (TPSA) is 58.7 Å². The summed E-state index contributed by atoms with van der Waals surface area (Å²) in [5.74, 6) is 0.701. The van der Waals surface area contributed by atoms with Gasteiger partial charge in [-0.3, -0.25) is 9.36 Å². The van der Waals surface area contributed by atoms with Gasteiger partial charge < -0.3 is 0 Å². The highest BCUT2D eigenvalue weighted by Gasteiger charge is 2.15. The molecule has 1 aromatic heterocycles. The van der Waals surface area contributed by atoms with E-state index < -0.39 is 0 Å². The van der Waals surface area contributed by atoms with Crippen molar-refractivity contribution in [2.24, 2.45) is 0 Å². The number of hydrogen-bond acceptors (Lipinski definition) is 4. The van der Waals surface area contributed by atoms with Crippen LogP contribution < -0.4 is 5.56 Å². The second kappa shape index (κ2) is 7.54. The van der Waals surface area contributed by atoms with Crippen LogP contribution in [0.1, 0.15) is 37.4 Å². The Morgan fingerprint density at radius 3 is 2.60 bits per heavy atom. The quantitative estimate of drug-likeness (QED) is 0.501. The third-order valence-corrected chi connectivity index (χ3v) is 5.28. The van der Waals surface area contributed by atoms with Crippen LogP contribution in [0.4, 0.5) is 0 Å². The van der Waals surface area contributed by atoms with E-state index in [4.69, 9.17) is 10.2 Å². The Hall–Kier alpha value is -2.58. The molecule has 0 amide bonds. The van der Waals surface area contributed by atoms with Crippen molar-refractivity contribution in [1.82, 2.24) is 9.55 Å². The fraction of sp³-hybridized carbons (Fsp3) is 0.250. The summed E-state index contributed by atoms with van der Waals surface area (Å²) in [4.78, 5) is 17.6. The first-order chi connectivity index (χ1) is 12.1. The van der Waals surface area contributed by atoms with E-state index in [0.29, 0.717) is 16.7 Å². The minimum absolute atomic E-state index is 0.0160. The van der Waals surface area contributed by atoms with Gasteiger partial charge in [0.2, 0.25) is 0 Å². The van der Waals surface area contributed by atoms with Gasteiger partial charge in [-0.2, -0.15) is 5.26 Å². The number of aromatic nitrogens is 2. The van der Waals surface area contributed by atoms with Crippen molar-refractivity contribution >= 4 is 22.7 Å². The van der Waals surface area contributed by atoms with Crippen molar-refractivity contribution < 1.29 is 0 Å². The highest BCUT2D eigenvalue weighted by molar-refractivity contribution is 7.98. The Balaban J connectivity index is 1.98. The van der Waals surface area contributed by atoms with Crippen LogP contribution in [0.2, 0.25) is 0 Å². The molecule has 25 heavy (non-hydrogen) atoms. The zero-order valence-corrected chi connectivity index (χ0v) is 15.1. The van der Waals surface area contributed by atoms with Gasteiger partial charge in [-0.25, -0.2) is 4.98 Å². The lowest BCUT2D eigenvalue weighted by Gasteiger charge is -2.18. The zero-order chi connectivity index (χ0) is 17.8. The maximum Gasteiger partial charge on any atom is 0.262 e. The maximum absolute atomic E-state index is 12.9. The average Bonchev–Trinajstić information content (AvgIpc) is 2.66. The van der Waals surface area contributed by atoms with Crippen molar-refractivity contribution in [3.8, 4) is 6.07 Å². The van der Waals surface area contributed by atoms with Crippen LogP contribution in [-0.4, -0.2) is 9.55 Å². The summed E-state index contributed by atoms with van der Waals surface area (Å²) in [5, 5.41) is 10.3. The molecule has 0 aliphatic carbocycles. The number of nitrogens with zero attached hydrogens (tertiary/aromatic N) is 3. The van der Waals surface area contributed by atoms with E-state index >= 15 is 0 Å². The number of benzene rings is 2. The molecule has 0 N–H and O–H groups in total. The lowest BCUT2D eigenvalue weighted by molar-refractivity contribution is 0.468. The van der Waals surface area contributed by atoms with E-state index in [1.807, 2.05) is 55.5 Å². The van der Waals surface area contributed by atoms with Crippen LogP contribution in [0.3, 0.4) is 0 Å². The molecular formula is C20H19N3OS. The van der Waals surface area contributed by atoms with Gasteiger partial charge in [-0.15, -0.1) is 0 Å². The van der Waals surface area contributed by atoms with Crippen LogP contribution in [0.15, 0.2) is 58.5 Å². The van der Waals surface area contributed by atoms with E-state index in [1.165, 1.54) is 0 Å². The van der Waals surface area contributed by atoms with Crippen LogP contribution in [0.25, 0.3) is 10.9 Å². The maximum atomic E-state index is 12.9. The van der Waals surface area contributed by atoms with Gasteiger partial charge in [-0.1, -0.05) is 43.0 Å². The van der Waals surface area contributed by atoms with Crippen molar-refractivity contribution in [3.63, 3.8) is 0 Å². The molecule has 0 saturated heterocycles. The number of fused-ring (bicyclic) bond motifs is 1. The van der Waals surface area contributed by atoms with E-state index in [1.54, 1.807) is 16.3 Å². The minimum Gasteiger partial charge on any atom is -0.284 e. The lowest BCUT2D eigenvalue weighted by Crippen LogP contribution is -2.26. The molecule has 0 radical (unpaired) electrons. The highest BCUT2D eigenvalue weighted by Crippen LogP contribution is 2.25. The number of para-hydroxylation sites is 1. The fourth-order valence-electron chi connectivity index (χ4n) is 2.62. The van der Waals surface area contributed by atoms with E-state index in [9.17, 15) is 4.79 Å². The highest BCUT2D eigenvalue weighted by atomic mass is 32.2. The van der Waals surface area contributed by atoms with Gasteiger partial charge in [-0.05, 0) is 43.2 Å². The van der Waals surface area contributed by atoms with Gasteiger partial charge in [0, 0.05) is 11.8 Å². The summed E-state index contributed by atoms with van der Waals surface area (Å²) in [6.45, 7) is 4.12. The number of nitriles is 1. The molecule has 2 aromatic carbocycles. The lowest BCUT2D eigenvalue weighted by atomic mass is 10.2. The number of rotatable bonds is 5. The monoisotopic (exact) mass is 349 g/mol. The average molecular weight is 349 g/mol. The van der Waals surface area contributed by atoms with Crippen LogP contribution in [0, 0.1) is 11.3 Å². The molecule has 3 aromatic rings. The molecule has 0 aliphatic rings. The van der Waals surface area contributed by atoms with Gasteiger partial charge in [0.05, 0.1) is 22.5 Å². The van der Waals surface area contributed by atoms with E-state index in [2.05, 4.69) is 13.0 Å². The summed E-state index contributed by atoms with van der Waals surface area (Å²) >= 11 is 1.56. The standard InChI is InChI=1S/C20H19N3OS/c1-3-14(2)23-19(24)17-6-4-5-7-18(17)22-20(23)25-13-16-10-8-15(12-21)9-11-16/h4-11,14H,3,13H2,1-2H3. The molecule has 1 heterocycles. The van der Waals surface area contributed by atoms with E-state index in [0.717, 1.165) is 22.7 Å².